The molecule has 28 heavy (non-hydrogen) atoms. The highest BCUT2D eigenvalue weighted by Crippen LogP contribution is 2.44. The summed E-state index contributed by atoms with van der Waals surface area (Å²) in [5.74, 6) is 2.07. The summed E-state index contributed by atoms with van der Waals surface area (Å²) in [5.41, 5.74) is 3.17. The van der Waals surface area contributed by atoms with Gasteiger partial charge in [-0.05, 0) is 41.8 Å². The van der Waals surface area contributed by atoms with E-state index in [1.807, 2.05) is 41.3 Å². The molecule has 2 aliphatic rings. The smallest absolute Gasteiger partial charge is 0.227 e. The molecule has 2 heterocycles. The molecule has 2 aromatic carbocycles. The molecule has 5 nitrogen and oxygen atoms in total. The number of likely N-dealkylation sites (tertiary alicyclic amines) is 2. The van der Waals surface area contributed by atoms with Crippen LogP contribution in [-0.4, -0.2) is 54.6 Å². The van der Waals surface area contributed by atoms with E-state index in [9.17, 15) is 4.79 Å². The minimum absolute atomic E-state index is 0.0317. The molecule has 0 spiro atoms. The van der Waals surface area contributed by atoms with Gasteiger partial charge in [-0.15, -0.1) is 0 Å². The third kappa shape index (κ3) is 3.64. The van der Waals surface area contributed by atoms with Crippen LogP contribution in [-0.2, 0) is 17.8 Å². The fourth-order valence-corrected chi connectivity index (χ4v) is 4.81. The minimum Gasteiger partial charge on any atom is -0.497 e. The molecular weight excluding hydrogens is 352 g/mol. The molecule has 2 aliphatic heterocycles. The monoisotopic (exact) mass is 380 g/mol. The van der Waals surface area contributed by atoms with Crippen molar-refractivity contribution in [1.29, 1.82) is 0 Å². The predicted octanol–water partition coefficient (Wildman–Crippen LogP) is 2.49. The van der Waals surface area contributed by atoms with Gasteiger partial charge in [-0.2, -0.15) is 0 Å². The maximum atomic E-state index is 12.9. The Morgan fingerprint density at radius 3 is 2.36 bits per heavy atom. The van der Waals surface area contributed by atoms with Crippen LogP contribution in [0.3, 0.4) is 0 Å². The van der Waals surface area contributed by atoms with Crippen LogP contribution in [0.25, 0.3) is 0 Å². The Morgan fingerprint density at radius 1 is 1.04 bits per heavy atom. The number of rotatable bonds is 5. The summed E-state index contributed by atoms with van der Waals surface area (Å²) in [6.45, 7) is 2.72. The number of benzene rings is 2. The Morgan fingerprint density at radius 2 is 1.71 bits per heavy atom. The quantitative estimate of drug-likeness (QED) is 0.866. The number of fused-ring (bicyclic) bond motifs is 1. The molecule has 3 atom stereocenters. The number of carbonyl (C=O) groups is 1. The number of nitrogens with zero attached hydrogens (tertiary/aromatic N) is 2. The van der Waals surface area contributed by atoms with Crippen molar-refractivity contribution in [2.45, 2.75) is 19.1 Å². The van der Waals surface area contributed by atoms with Gasteiger partial charge >= 0.3 is 0 Å². The molecule has 4 rings (SSSR count). The molecular formula is C23H28N2O3. The molecule has 0 aromatic heterocycles. The Bertz CT molecular complexity index is 819. The number of methoxy groups -OCH3 is 1. The van der Waals surface area contributed by atoms with E-state index in [1.165, 1.54) is 5.56 Å². The molecule has 2 aromatic rings. The van der Waals surface area contributed by atoms with Crippen LogP contribution in [0.1, 0.15) is 22.7 Å². The number of ether oxygens (including phenoxy) is 1. The lowest BCUT2D eigenvalue weighted by Crippen LogP contribution is -2.34. The average Bonchev–Trinajstić information content (AvgIpc) is 3.25. The summed E-state index contributed by atoms with van der Waals surface area (Å²) in [4.78, 5) is 17.3. The highest BCUT2D eigenvalue weighted by molar-refractivity contribution is 5.79. The van der Waals surface area contributed by atoms with Crippen molar-refractivity contribution >= 4 is 5.91 Å². The number of hydrogen-bond acceptors (Lipinski definition) is 4. The van der Waals surface area contributed by atoms with E-state index in [0.717, 1.165) is 36.5 Å². The first kappa shape index (κ1) is 19.0. The van der Waals surface area contributed by atoms with Crippen LogP contribution in [0.2, 0.25) is 0 Å². The van der Waals surface area contributed by atoms with Gasteiger partial charge in [-0.25, -0.2) is 0 Å². The topological polar surface area (TPSA) is 53.0 Å². The number of carbonyl (C=O) groups excluding carboxylic acids is 1. The molecule has 148 valence electrons. The summed E-state index contributed by atoms with van der Waals surface area (Å²) < 4.78 is 5.28. The third-order valence-electron chi connectivity index (χ3n) is 6.27. The maximum absolute atomic E-state index is 12.9. The number of aliphatic hydroxyl groups excluding tert-OH is 1. The lowest BCUT2D eigenvalue weighted by atomic mass is 9.89. The second kappa shape index (κ2) is 7.94. The van der Waals surface area contributed by atoms with Crippen molar-refractivity contribution in [2.24, 2.45) is 11.8 Å². The number of amides is 1. The van der Waals surface area contributed by atoms with Crippen LogP contribution in [0, 0.1) is 11.8 Å². The van der Waals surface area contributed by atoms with Gasteiger partial charge in [0.1, 0.15) is 5.75 Å². The van der Waals surface area contributed by atoms with Crippen molar-refractivity contribution in [3.8, 4) is 5.75 Å². The summed E-state index contributed by atoms with van der Waals surface area (Å²) >= 11 is 0. The van der Waals surface area contributed by atoms with E-state index in [1.54, 1.807) is 7.11 Å². The minimum atomic E-state index is 0.0317. The van der Waals surface area contributed by atoms with Crippen molar-refractivity contribution in [3.63, 3.8) is 0 Å². The summed E-state index contributed by atoms with van der Waals surface area (Å²) in [5, 5.41) is 9.16. The zero-order valence-corrected chi connectivity index (χ0v) is 16.5. The SMILES string of the molecule is COc1ccc([C@H]2[C@@H]3CN(C(=O)Cc4ccc(CO)cc4)C[C@@H]3CN2C)cc1. The Hall–Kier alpha value is -2.37. The van der Waals surface area contributed by atoms with Crippen molar-refractivity contribution in [2.75, 3.05) is 33.8 Å². The second-order valence-electron chi connectivity index (χ2n) is 8.03. The van der Waals surface area contributed by atoms with Gasteiger partial charge in [0.2, 0.25) is 5.91 Å². The van der Waals surface area contributed by atoms with Gasteiger partial charge in [0.25, 0.3) is 0 Å². The lowest BCUT2D eigenvalue weighted by molar-refractivity contribution is -0.129. The Labute approximate surface area is 166 Å². The van der Waals surface area contributed by atoms with E-state index in [2.05, 4.69) is 24.1 Å². The fourth-order valence-electron chi connectivity index (χ4n) is 4.81. The largest absolute Gasteiger partial charge is 0.497 e. The van der Waals surface area contributed by atoms with Crippen molar-refractivity contribution in [1.82, 2.24) is 9.80 Å². The zero-order valence-electron chi connectivity index (χ0n) is 16.5. The molecule has 1 N–H and O–H groups in total. The fraction of sp³-hybridized carbons (Fsp3) is 0.435. The summed E-state index contributed by atoms with van der Waals surface area (Å²) in [6.07, 6.45) is 0.425. The number of aliphatic hydroxyl groups is 1. The second-order valence-corrected chi connectivity index (χ2v) is 8.03. The zero-order chi connectivity index (χ0) is 19.7. The Balaban J connectivity index is 1.43. The van der Waals surface area contributed by atoms with E-state index in [4.69, 9.17) is 9.84 Å². The van der Waals surface area contributed by atoms with Crippen LogP contribution < -0.4 is 4.74 Å². The van der Waals surface area contributed by atoms with E-state index >= 15 is 0 Å². The van der Waals surface area contributed by atoms with Gasteiger partial charge in [0.05, 0.1) is 20.1 Å². The molecule has 1 amide bonds. The van der Waals surface area contributed by atoms with Crippen LogP contribution in [0.5, 0.6) is 5.75 Å². The first-order chi connectivity index (χ1) is 13.6. The van der Waals surface area contributed by atoms with E-state index in [0.29, 0.717) is 24.3 Å². The lowest BCUT2D eigenvalue weighted by Gasteiger charge is -2.27. The third-order valence-corrected chi connectivity index (χ3v) is 6.27. The molecule has 0 aliphatic carbocycles. The molecule has 2 saturated heterocycles. The maximum Gasteiger partial charge on any atom is 0.227 e. The molecule has 0 bridgehead atoms. The highest BCUT2D eigenvalue weighted by Gasteiger charge is 2.47. The van der Waals surface area contributed by atoms with Gasteiger partial charge < -0.3 is 14.7 Å². The molecule has 0 radical (unpaired) electrons. The van der Waals surface area contributed by atoms with Gasteiger partial charge in [-0.1, -0.05) is 36.4 Å². The van der Waals surface area contributed by atoms with Gasteiger partial charge in [-0.3, -0.25) is 9.69 Å². The molecule has 0 saturated carbocycles. The highest BCUT2D eigenvalue weighted by atomic mass is 16.5. The van der Waals surface area contributed by atoms with Crippen LogP contribution >= 0.6 is 0 Å². The first-order valence-corrected chi connectivity index (χ1v) is 9.89. The first-order valence-electron chi connectivity index (χ1n) is 9.89. The molecule has 0 unspecified atom stereocenters. The summed E-state index contributed by atoms with van der Waals surface area (Å²) in [6, 6.07) is 16.3. The predicted molar refractivity (Wildman–Crippen MR) is 108 cm³/mol. The van der Waals surface area contributed by atoms with Crippen LogP contribution in [0.15, 0.2) is 48.5 Å². The molecule has 2 fully saturated rings. The number of hydrogen-bond donors (Lipinski definition) is 1. The Kier molecular flexibility index (Phi) is 5.38. The van der Waals surface area contributed by atoms with Gasteiger partial charge in [0.15, 0.2) is 0 Å². The van der Waals surface area contributed by atoms with Gasteiger partial charge in [0, 0.05) is 31.6 Å². The summed E-state index contributed by atoms with van der Waals surface area (Å²) in [7, 11) is 3.87. The standard InChI is InChI=1S/C23H28N2O3/c1-24-12-19-13-25(22(27)11-16-3-5-17(15-26)6-4-16)14-21(19)23(24)18-7-9-20(28-2)10-8-18/h3-10,19,21,23,26H,11-15H2,1-2H3/t19-,21+,23-/m0/s1. The normalized spacial score (nSPS) is 24.4. The van der Waals surface area contributed by atoms with Crippen molar-refractivity contribution < 1.29 is 14.6 Å². The average molecular weight is 380 g/mol. The van der Waals surface area contributed by atoms with E-state index < -0.39 is 0 Å². The molecule has 5 heteroatoms. The van der Waals surface area contributed by atoms with Crippen molar-refractivity contribution in [3.05, 3.63) is 65.2 Å². The van der Waals surface area contributed by atoms with Crippen LogP contribution in [0.4, 0.5) is 0 Å². The van der Waals surface area contributed by atoms with E-state index in [-0.39, 0.29) is 12.5 Å².